The molecule has 2 aliphatic heterocycles. The lowest BCUT2D eigenvalue weighted by molar-refractivity contribution is 0.0826. The average molecular weight is 434 g/mol. The monoisotopic (exact) mass is 433 g/mol. The molecule has 3 aromatic carbocycles. The van der Waals surface area contributed by atoms with Crippen LogP contribution in [0.5, 0.6) is 0 Å². The predicted molar refractivity (Wildman–Crippen MR) is 122 cm³/mol. The number of carbonyl (C=O) groups is 1. The van der Waals surface area contributed by atoms with Gasteiger partial charge in [0.1, 0.15) is 0 Å². The Labute approximate surface area is 184 Å². The van der Waals surface area contributed by atoms with Crippen molar-refractivity contribution >= 4 is 40.7 Å². The minimum Gasteiger partial charge on any atom is -0.285 e. The Kier molecular flexibility index (Phi) is 5.34. The zero-order valence-corrected chi connectivity index (χ0v) is 17.8. The van der Waals surface area contributed by atoms with Gasteiger partial charge in [-0.25, -0.2) is 10.0 Å². The van der Waals surface area contributed by atoms with Crippen LogP contribution in [-0.2, 0) is 0 Å². The van der Waals surface area contributed by atoms with E-state index in [-0.39, 0.29) is 5.91 Å². The average Bonchev–Trinajstić information content (AvgIpc) is 3.21. The van der Waals surface area contributed by atoms with Crippen LogP contribution in [0.3, 0.4) is 0 Å². The second-order valence-electron chi connectivity index (χ2n) is 7.36. The quantitative estimate of drug-likeness (QED) is 0.449. The molecule has 150 valence electrons. The van der Waals surface area contributed by atoms with Crippen molar-refractivity contribution in [3.63, 3.8) is 0 Å². The molecule has 1 amide bonds. The number of nitrogens with zero attached hydrogens (tertiary/aromatic N) is 2. The lowest BCUT2D eigenvalue weighted by Crippen LogP contribution is -2.39. The van der Waals surface area contributed by atoms with E-state index >= 15 is 0 Å². The van der Waals surface area contributed by atoms with Gasteiger partial charge in [-0.3, -0.25) is 10.2 Å². The summed E-state index contributed by atoms with van der Waals surface area (Å²) < 4.78 is 0. The fourth-order valence-electron chi connectivity index (χ4n) is 3.78. The van der Waals surface area contributed by atoms with Crippen molar-refractivity contribution in [1.29, 1.82) is 0 Å². The minimum atomic E-state index is -0.0963. The van der Waals surface area contributed by atoms with Gasteiger partial charge in [-0.1, -0.05) is 59.8 Å². The Balaban J connectivity index is 1.59. The van der Waals surface area contributed by atoms with Gasteiger partial charge in [-0.2, -0.15) is 0 Å². The molecule has 4 nitrogen and oxygen atoms in total. The first-order valence-corrected chi connectivity index (χ1v) is 11.2. The fourth-order valence-corrected chi connectivity index (χ4v) is 5.01. The van der Waals surface area contributed by atoms with Crippen LogP contribution in [0.25, 0.3) is 0 Å². The van der Waals surface area contributed by atoms with Crippen LogP contribution in [0.1, 0.15) is 34.3 Å². The molecule has 0 radical (unpaired) electrons. The molecule has 2 heterocycles. The van der Waals surface area contributed by atoms with Crippen molar-refractivity contribution < 1.29 is 4.79 Å². The topological polar surface area (TPSA) is 44.7 Å². The third kappa shape index (κ3) is 3.76. The molecule has 5 rings (SSSR count). The highest BCUT2D eigenvalue weighted by atomic mass is 35.5. The molecule has 6 heteroatoms. The van der Waals surface area contributed by atoms with Gasteiger partial charge >= 0.3 is 0 Å². The second-order valence-corrected chi connectivity index (χ2v) is 8.85. The van der Waals surface area contributed by atoms with Gasteiger partial charge in [0, 0.05) is 44.6 Å². The van der Waals surface area contributed by atoms with E-state index in [0.29, 0.717) is 10.6 Å². The Hall–Kier alpha value is -2.60. The van der Waals surface area contributed by atoms with Crippen LogP contribution in [0.2, 0.25) is 5.02 Å². The number of hydrogen-bond donors (Lipinski definition) is 1. The van der Waals surface area contributed by atoms with Gasteiger partial charge in [0.05, 0.1) is 11.4 Å². The summed E-state index contributed by atoms with van der Waals surface area (Å²) in [6, 6.07) is 21.7. The Bertz CT molecular complexity index is 1150. The third-order valence-corrected chi connectivity index (χ3v) is 6.78. The van der Waals surface area contributed by atoms with E-state index in [9.17, 15) is 4.79 Å². The van der Waals surface area contributed by atoms with Crippen LogP contribution >= 0.6 is 23.4 Å². The first-order valence-electron chi connectivity index (χ1n) is 10.00. The fraction of sp³-hybridized carbons (Fsp3) is 0.167. The number of hydrogen-bond acceptors (Lipinski definition) is 4. The van der Waals surface area contributed by atoms with E-state index in [1.807, 2.05) is 59.6 Å². The lowest BCUT2D eigenvalue weighted by Gasteiger charge is -2.16. The zero-order chi connectivity index (χ0) is 20.5. The third-order valence-electron chi connectivity index (χ3n) is 5.31. The lowest BCUT2D eigenvalue weighted by atomic mass is 10.0. The highest BCUT2D eigenvalue weighted by Gasteiger charge is 2.22. The van der Waals surface area contributed by atoms with Crippen LogP contribution in [-0.4, -0.2) is 29.7 Å². The molecule has 0 spiro atoms. The van der Waals surface area contributed by atoms with Gasteiger partial charge in [0.25, 0.3) is 5.91 Å². The maximum atomic E-state index is 12.8. The number of rotatable bonds is 3. The van der Waals surface area contributed by atoms with Gasteiger partial charge < -0.3 is 0 Å². The normalized spacial score (nSPS) is 15.7. The molecule has 0 bridgehead atoms. The van der Waals surface area contributed by atoms with Crippen LogP contribution < -0.4 is 5.43 Å². The molecule has 3 aromatic rings. The number of halogens is 1. The number of aliphatic imine (C=N–C) groups is 1. The van der Waals surface area contributed by atoms with Gasteiger partial charge in [-0.05, 0) is 43.2 Å². The van der Waals surface area contributed by atoms with E-state index in [0.717, 1.165) is 58.2 Å². The molecular formula is C24H20ClN3OS. The molecule has 0 unspecified atom stereocenters. The van der Waals surface area contributed by atoms with Crippen molar-refractivity contribution in [2.45, 2.75) is 22.6 Å². The maximum Gasteiger partial charge on any atom is 0.265 e. The van der Waals surface area contributed by atoms with Crippen molar-refractivity contribution in [3.8, 4) is 0 Å². The smallest absolute Gasteiger partial charge is 0.265 e. The predicted octanol–water partition coefficient (Wildman–Crippen LogP) is 5.71. The number of amides is 1. The SMILES string of the molecule is O=C(NN1CCCC1)c1ccc2c(c1)N=C(c1ccccc1Cl)c1ccccc1S2. The molecule has 1 fully saturated rings. The summed E-state index contributed by atoms with van der Waals surface area (Å²) in [7, 11) is 0. The largest absolute Gasteiger partial charge is 0.285 e. The molecule has 1 saturated heterocycles. The zero-order valence-electron chi connectivity index (χ0n) is 16.3. The Morgan fingerprint density at radius 3 is 2.47 bits per heavy atom. The first kappa shape index (κ1) is 19.4. The molecule has 1 N–H and O–H groups in total. The number of hydrazine groups is 1. The van der Waals surface area contributed by atoms with Crippen molar-refractivity contribution in [3.05, 3.63) is 88.4 Å². The number of fused-ring (bicyclic) bond motifs is 2. The molecule has 0 atom stereocenters. The Morgan fingerprint density at radius 1 is 0.933 bits per heavy atom. The molecular weight excluding hydrogens is 414 g/mol. The van der Waals surface area contributed by atoms with Crippen molar-refractivity contribution in [2.24, 2.45) is 4.99 Å². The van der Waals surface area contributed by atoms with E-state index in [4.69, 9.17) is 16.6 Å². The molecule has 0 saturated carbocycles. The summed E-state index contributed by atoms with van der Waals surface area (Å²) in [5.74, 6) is -0.0963. The molecule has 0 aromatic heterocycles. The molecule has 30 heavy (non-hydrogen) atoms. The van der Waals surface area contributed by atoms with Crippen LogP contribution in [0, 0.1) is 0 Å². The summed E-state index contributed by atoms with van der Waals surface area (Å²) in [6.45, 7) is 1.80. The molecule has 2 aliphatic rings. The van der Waals surface area contributed by atoms with Crippen LogP contribution in [0.15, 0.2) is 81.5 Å². The van der Waals surface area contributed by atoms with E-state index < -0.39 is 0 Å². The van der Waals surface area contributed by atoms with Gasteiger partial charge in [0.2, 0.25) is 0 Å². The summed E-state index contributed by atoms with van der Waals surface area (Å²) in [5, 5.41) is 2.64. The van der Waals surface area contributed by atoms with E-state index in [1.165, 1.54) is 0 Å². The van der Waals surface area contributed by atoms with Gasteiger partial charge in [0.15, 0.2) is 0 Å². The van der Waals surface area contributed by atoms with E-state index in [1.54, 1.807) is 11.8 Å². The first-order chi connectivity index (χ1) is 14.7. The molecule has 0 aliphatic carbocycles. The summed E-state index contributed by atoms with van der Waals surface area (Å²) in [6.07, 6.45) is 2.23. The maximum absolute atomic E-state index is 12.8. The Morgan fingerprint density at radius 2 is 1.67 bits per heavy atom. The summed E-state index contributed by atoms with van der Waals surface area (Å²) >= 11 is 8.19. The highest BCUT2D eigenvalue weighted by molar-refractivity contribution is 7.99. The van der Waals surface area contributed by atoms with Crippen LogP contribution in [0.4, 0.5) is 5.69 Å². The standard InChI is InChI=1S/C24H20ClN3OS/c25-19-9-3-1-7-17(19)23-18-8-2-4-10-21(18)30-22-12-11-16(15-20(22)26-23)24(29)27-28-13-5-6-14-28/h1-4,7-12,15H,5-6,13-14H2,(H,27,29). The number of benzene rings is 3. The summed E-state index contributed by atoms with van der Waals surface area (Å²) in [4.78, 5) is 19.9. The van der Waals surface area contributed by atoms with Crippen molar-refractivity contribution in [1.82, 2.24) is 10.4 Å². The summed E-state index contributed by atoms with van der Waals surface area (Å²) in [5.41, 5.74) is 7.13. The second kappa shape index (κ2) is 8.26. The van der Waals surface area contributed by atoms with Gasteiger partial charge in [-0.15, -0.1) is 0 Å². The minimum absolute atomic E-state index is 0.0963. The highest BCUT2D eigenvalue weighted by Crippen LogP contribution is 2.42. The number of nitrogens with one attached hydrogen (secondary N) is 1. The van der Waals surface area contributed by atoms with E-state index in [2.05, 4.69) is 17.6 Å². The van der Waals surface area contributed by atoms with Crippen molar-refractivity contribution in [2.75, 3.05) is 13.1 Å². The number of carbonyl (C=O) groups excluding carboxylic acids is 1.